The molecule has 72 valence electrons. The Morgan fingerprint density at radius 1 is 0.857 bits per heavy atom. The van der Waals surface area contributed by atoms with Crippen LogP contribution in [0.5, 0.6) is 0 Å². The molecule has 3 heterocycles. The van der Waals surface area contributed by atoms with Crippen molar-refractivity contribution >= 4 is 0 Å². The van der Waals surface area contributed by atoms with Gasteiger partial charge in [-0.1, -0.05) is 26.0 Å². The van der Waals surface area contributed by atoms with Gasteiger partial charge in [0.1, 0.15) is 0 Å². The Kier molecular flexibility index (Phi) is 1.43. The van der Waals surface area contributed by atoms with Crippen molar-refractivity contribution in [1.29, 1.82) is 0 Å². The minimum Gasteiger partial charge on any atom is -0.324 e. The molecule has 2 atom stereocenters. The van der Waals surface area contributed by atoms with Crippen molar-refractivity contribution in [2.24, 2.45) is 11.8 Å². The van der Waals surface area contributed by atoms with Crippen molar-refractivity contribution < 1.29 is 0 Å². The Hall–Kier alpha value is -1.44. The fourth-order valence-corrected chi connectivity index (χ4v) is 2.17. The van der Waals surface area contributed by atoms with Crippen LogP contribution in [0.25, 0.3) is 0 Å². The highest BCUT2D eigenvalue weighted by Crippen LogP contribution is 2.36. The maximum Gasteiger partial charge on any atom is 0.0453 e. The molecule has 3 aliphatic heterocycles. The molecule has 0 bridgehead atoms. The van der Waals surface area contributed by atoms with Crippen molar-refractivity contribution in [2.75, 3.05) is 0 Å². The summed E-state index contributed by atoms with van der Waals surface area (Å²) in [6, 6.07) is 0. The summed E-state index contributed by atoms with van der Waals surface area (Å²) in [6.07, 6.45) is 13.3. The van der Waals surface area contributed by atoms with E-state index in [0.717, 1.165) is 0 Å². The highest BCUT2D eigenvalue weighted by atomic mass is 15.2. The van der Waals surface area contributed by atoms with Crippen LogP contribution in [0.1, 0.15) is 13.8 Å². The second-order valence-corrected chi connectivity index (χ2v) is 4.18. The maximum atomic E-state index is 2.24. The summed E-state index contributed by atoms with van der Waals surface area (Å²) in [5.74, 6) is 1.08. The minimum absolute atomic E-state index is 0.539. The van der Waals surface area contributed by atoms with Crippen LogP contribution in [-0.2, 0) is 0 Å². The van der Waals surface area contributed by atoms with Crippen LogP contribution < -0.4 is 0 Å². The first-order chi connectivity index (χ1) is 6.75. The minimum atomic E-state index is 0.539. The van der Waals surface area contributed by atoms with Crippen molar-refractivity contribution in [3.63, 3.8) is 0 Å². The van der Waals surface area contributed by atoms with E-state index in [0.29, 0.717) is 11.8 Å². The van der Waals surface area contributed by atoms with Crippen molar-refractivity contribution in [1.82, 2.24) is 9.80 Å². The number of hydrogen-bond donors (Lipinski definition) is 0. The molecule has 0 fully saturated rings. The van der Waals surface area contributed by atoms with Gasteiger partial charge in [0.05, 0.1) is 0 Å². The van der Waals surface area contributed by atoms with Gasteiger partial charge in [-0.25, -0.2) is 0 Å². The molecule has 0 aromatic rings. The monoisotopic (exact) mass is 186 g/mol. The molecule has 0 aliphatic carbocycles. The Balaban J connectivity index is 2.02. The summed E-state index contributed by atoms with van der Waals surface area (Å²) in [4.78, 5) is 4.47. The Bertz CT molecular complexity index is 349. The molecule has 3 aliphatic rings. The summed E-state index contributed by atoms with van der Waals surface area (Å²) in [6.45, 7) is 4.45. The molecular formula is C12H14N2. The molecule has 0 aromatic carbocycles. The first-order valence-corrected chi connectivity index (χ1v) is 5.12. The van der Waals surface area contributed by atoms with E-state index in [2.05, 4.69) is 60.6 Å². The Morgan fingerprint density at radius 3 is 1.71 bits per heavy atom. The number of allylic oxidation sites excluding steroid dienone is 2. The van der Waals surface area contributed by atoms with Gasteiger partial charge in [-0.2, -0.15) is 0 Å². The molecule has 2 unspecified atom stereocenters. The predicted octanol–water partition coefficient (Wildman–Crippen LogP) is 2.61. The molecule has 0 aromatic heterocycles. The van der Waals surface area contributed by atoms with Crippen LogP contribution in [0, 0.1) is 11.8 Å². The van der Waals surface area contributed by atoms with Gasteiger partial charge in [0.15, 0.2) is 0 Å². The third-order valence-electron chi connectivity index (χ3n) is 3.14. The zero-order valence-electron chi connectivity index (χ0n) is 8.51. The van der Waals surface area contributed by atoms with Crippen LogP contribution in [0.3, 0.4) is 0 Å². The lowest BCUT2D eigenvalue weighted by molar-refractivity contribution is 0.476. The largest absolute Gasteiger partial charge is 0.324 e. The van der Waals surface area contributed by atoms with E-state index in [1.807, 2.05) is 0 Å². The van der Waals surface area contributed by atoms with E-state index in [-0.39, 0.29) is 0 Å². The van der Waals surface area contributed by atoms with E-state index in [1.165, 1.54) is 11.4 Å². The second-order valence-electron chi connectivity index (χ2n) is 4.18. The smallest absolute Gasteiger partial charge is 0.0453 e. The molecule has 0 N–H and O–H groups in total. The van der Waals surface area contributed by atoms with Crippen LogP contribution in [-0.4, -0.2) is 9.80 Å². The van der Waals surface area contributed by atoms with Crippen LogP contribution in [0.15, 0.2) is 48.3 Å². The van der Waals surface area contributed by atoms with Gasteiger partial charge in [0, 0.05) is 48.0 Å². The fraction of sp³-hybridized carbons (Fsp3) is 0.333. The van der Waals surface area contributed by atoms with Gasteiger partial charge < -0.3 is 9.80 Å². The first kappa shape index (κ1) is 7.92. The number of fused-ring (bicyclic) bond motifs is 2. The van der Waals surface area contributed by atoms with E-state index in [9.17, 15) is 0 Å². The van der Waals surface area contributed by atoms with Gasteiger partial charge in [0.25, 0.3) is 0 Å². The SMILES string of the molecule is CC1C=CN2C=C3C(C)C=CN3C=C12. The number of rotatable bonds is 0. The van der Waals surface area contributed by atoms with Gasteiger partial charge in [-0.05, 0) is 0 Å². The molecule has 2 heteroatoms. The second kappa shape index (κ2) is 2.53. The molecule has 0 spiro atoms. The third-order valence-corrected chi connectivity index (χ3v) is 3.14. The van der Waals surface area contributed by atoms with E-state index < -0.39 is 0 Å². The summed E-state index contributed by atoms with van der Waals surface area (Å²) in [5.41, 5.74) is 2.74. The quantitative estimate of drug-likeness (QED) is 0.573. The number of nitrogens with zero attached hydrogens (tertiary/aromatic N) is 2. The van der Waals surface area contributed by atoms with E-state index >= 15 is 0 Å². The summed E-state index contributed by atoms with van der Waals surface area (Å²) in [5, 5.41) is 0. The molecule has 14 heavy (non-hydrogen) atoms. The lowest BCUT2D eigenvalue weighted by atomic mass is 10.1. The normalized spacial score (nSPS) is 33.0. The van der Waals surface area contributed by atoms with Crippen molar-refractivity contribution in [2.45, 2.75) is 13.8 Å². The molecule has 0 saturated carbocycles. The third kappa shape index (κ3) is 0.910. The van der Waals surface area contributed by atoms with Crippen LogP contribution >= 0.6 is 0 Å². The van der Waals surface area contributed by atoms with Crippen LogP contribution in [0.2, 0.25) is 0 Å². The lowest BCUT2D eigenvalue weighted by Crippen LogP contribution is -2.22. The predicted molar refractivity (Wildman–Crippen MR) is 56.5 cm³/mol. The highest BCUT2D eigenvalue weighted by molar-refractivity contribution is 5.34. The van der Waals surface area contributed by atoms with Crippen molar-refractivity contribution in [3.05, 3.63) is 48.3 Å². The van der Waals surface area contributed by atoms with Crippen LogP contribution in [0.4, 0.5) is 0 Å². The molecule has 0 saturated heterocycles. The fourth-order valence-electron chi connectivity index (χ4n) is 2.17. The first-order valence-electron chi connectivity index (χ1n) is 5.12. The van der Waals surface area contributed by atoms with Gasteiger partial charge in [-0.15, -0.1) is 0 Å². The molecular weight excluding hydrogens is 172 g/mol. The summed E-state index contributed by atoms with van der Waals surface area (Å²) < 4.78 is 0. The Morgan fingerprint density at radius 2 is 1.29 bits per heavy atom. The van der Waals surface area contributed by atoms with Gasteiger partial charge in [-0.3, -0.25) is 0 Å². The van der Waals surface area contributed by atoms with E-state index in [4.69, 9.17) is 0 Å². The summed E-state index contributed by atoms with van der Waals surface area (Å²) in [7, 11) is 0. The standard InChI is InChI=1S/C12H14N2/c1-9-3-5-13-8-12-10(2)4-6-14(12)7-11(9)13/h3-10H,1-2H3. The topological polar surface area (TPSA) is 6.48 Å². The van der Waals surface area contributed by atoms with E-state index in [1.54, 1.807) is 0 Å². The average Bonchev–Trinajstić information content (AvgIpc) is 2.71. The van der Waals surface area contributed by atoms with Crippen molar-refractivity contribution in [3.8, 4) is 0 Å². The lowest BCUT2D eigenvalue weighted by Gasteiger charge is -2.29. The molecule has 0 radical (unpaired) electrons. The van der Waals surface area contributed by atoms with Gasteiger partial charge in [0.2, 0.25) is 0 Å². The Labute approximate surface area is 84.5 Å². The molecule has 3 rings (SSSR count). The average molecular weight is 186 g/mol. The zero-order valence-corrected chi connectivity index (χ0v) is 8.51. The zero-order chi connectivity index (χ0) is 9.71. The maximum absolute atomic E-state index is 2.24. The molecule has 2 nitrogen and oxygen atoms in total. The molecule has 0 amide bonds. The highest BCUT2D eigenvalue weighted by Gasteiger charge is 2.27. The number of hydrogen-bond acceptors (Lipinski definition) is 2. The summed E-state index contributed by atoms with van der Waals surface area (Å²) >= 11 is 0. The van der Waals surface area contributed by atoms with Gasteiger partial charge >= 0.3 is 0 Å².